The first-order valence-corrected chi connectivity index (χ1v) is 2.06. The predicted molar refractivity (Wildman–Crippen MR) is 34.4 cm³/mol. The van der Waals surface area contributed by atoms with Gasteiger partial charge in [0.05, 0.1) is 0 Å². The summed E-state index contributed by atoms with van der Waals surface area (Å²) in [6.45, 7) is 1.85. The molecule has 0 saturated carbocycles. The fourth-order valence-corrected chi connectivity index (χ4v) is 0.388. The molecule has 0 radical (unpaired) electrons. The van der Waals surface area contributed by atoms with Crippen LogP contribution >= 0.6 is 12.4 Å². The molecule has 1 aromatic rings. The number of hydrogen-bond acceptors (Lipinski definition) is 2. The van der Waals surface area contributed by atoms with Crippen LogP contribution < -0.4 is 5.84 Å². The van der Waals surface area contributed by atoms with Gasteiger partial charge in [0, 0.05) is 12.4 Å². The Balaban J connectivity index is 0.000000490. The monoisotopic (exact) mass is 133 g/mol. The van der Waals surface area contributed by atoms with E-state index in [4.69, 9.17) is 5.84 Å². The van der Waals surface area contributed by atoms with Crippen LogP contribution in [0.15, 0.2) is 12.4 Å². The maximum Gasteiger partial charge on any atom is 0.123 e. The van der Waals surface area contributed by atoms with Crippen LogP contribution in [0.3, 0.4) is 0 Å². The highest BCUT2D eigenvalue weighted by molar-refractivity contribution is 5.85. The van der Waals surface area contributed by atoms with Crippen molar-refractivity contribution in [1.82, 2.24) is 9.66 Å². The number of aryl methyl sites for hydroxylation is 1. The van der Waals surface area contributed by atoms with E-state index in [1.54, 1.807) is 12.4 Å². The van der Waals surface area contributed by atoms with Gasteiger partial charge in [-0.1, -0.05) is 0 Å². The summed E-state index contributed by atoms with van der Waals surface area (Å²) >= 11 is 0. The lowest BCUT2D eigenvalue weighted by Crippen LogP contribution is -2.07. The molecule has 4 heteroatoms. The topological polar surface area (TPSA) is 43.8 Å². The summed E-state index contributed by atoms with van der Waals surface area (Å²) in [6, 6.07) is 0. The highest BCUT2D eigenvalue weighted by Crippen LogP contribution is 1.84. The highest BCUT2D eigenvalue weighted by Gasteiger charge is 1.84. The molecule has 46 valence electrons. The number of rotatable bonds is 0. The second-order valence-corrected chi connectivity index (χ2v) is 1.38. The van der Waals surface area contributed by atoms with Crippen molar-refractivity contribution >= 4 is 12.4 Å². The van der Waals surface area contributed by atoms with E-state index < -0.39 is 0 Å². The van der Waals surface area contributed by atoms with Gasteiger partial charge in [0.25, 0.3) is 0 Å². The Morgan fingerprint density at radius 1 is 1.75 bits per heavy atom. The third-order valence-corrected chi connectivity index (χ3v) is 0.862. The molecule has 0 atom stereocenters. The number of imidazole rings is 1. The Hall–Kier alpha value is -0.700. The molecule has 0 aliphatic rings. The standard InChI is InChI=1S/C4H7N3.ClH/c1-4-6-2-3-7(4)5;/h2-3H,5H2,1H3;1H. The Kier molecular flexibility index (Phi) is 2.34. The summed E-state index contributed by atoms with van der Waals surface area (Å²) in [5, 5.41) is 0. The smallest absolute Gasteiger partial charge is 0.123 e. The van der Waals surface area contributed by atoms with Crippen molar-refractivity contribution in [2.75, 3.05) is 5.84 Å². The normalized spacial score (nSPS) is 8.12. The van der Waals surface area contributed by atoms with Gasteiger partial charge in [0.2, 0.25) is 0 Å². The van der Waals surface area contributed by atoms with Gasteiger partial charge in [-0.05, 0) is 6.92 Å². The van der Waals surface area contributed by atoms with Crippen LogP contribution in [0.4, 0.5) is 0 Å². The number of nitrogens with zero attached hydrogens (tertiary/aromatic N) is 2. The summed E-state index contributed by atoms with van der Waals surface area (Å²) < 4.78 is 1.47. The van der Waals surface area contributed by atoms with Gasteiger partial charge in [-0.3, -0.25) is 4.68 Å². The van der Waals surface area contributed by atoms with Crippen LogP contribution in [0.1, 0.15) is 5.82 Å². The van der Waals surface area contributed by atoms with Gasteiger partial charge >= 0.3 is 0 Å². The number of halogens is 1. The second-order valence-electron chi connectivity index (χ2n) is 1.38. The van der Waals surface area contributed by atoms with E-state index in [0.717, 1.165) is 5.82 Å². The molecular formula is C4H8ClN3. The molecule has 0 aliphatic heterocycles. The summed E-state index contributed by atoms with van der Waals surface area (Å²) in [5.41, 5.74) is 0. The van der Waals surface area contributed by atoms with Crippen molar-refractivity contribution in [1.29, 1.82) is 0 Å². The summed E-state index contributed by atoms with van der Waals surface area (Å²) in [6.07, 6.45) is 3.37. The van der Waals surface area contributed by atoms with Crippen molar-refractivity contribution in [3.05, 3.63) is 18.2 Å². The predicted octanol–water partition coefficient (Wildman–Crippen LogP) is 0.327. The van der Waals surface area contributed by atoms with Gasteiger partial charge in [-0.25, -0.2) is 4.98 Å². The fraction of sp³-hybridized carbons (Fsp3) is 0.250. The molecule has 1 aromatic heterocycles. The largest absolute Gasteiger partial charge is 0.338 e. The zero-order valence-electron chi connectivity index (χ0n) is 4.53. The summed E-state index contributed by atoms with van der Waals surface area (Å²) in [7, 11) is 0. The fourth-order valence-electron chi connectivity index (χ4n) is 0.388. The summed E-state index contributed by atoms with van der Waals surface area (Å²) in [5.74, 6) is 6.13. The molecule has 0 saturated heterocycles. The first kappa shape index (κ1) is 7.30. The SMILES string of the molecule is Cc1nccn1N.Cl. The van der Waals surface area contributed by atoms with E-state index in [2.05, 4.69) is 4.98 Å². The highest BCUT2D eigenvalue weighted by atomic mass is 35.5. The van der Waals surface area contributed by atoms with Crippen LogP contribution in [0.5, 0.6) is 0 Å². The minimum Gasteiger partial charge on any atom is -0.338 e. The van der Waals surface area contributed by atoms with Crippen molar-refractivity contribution < 1.29 is 0 Å². The molecule has 1 heterocycles. The van der Waals surface area contributed by atoms with Crippen LogP contribution in [0.2, 0.25) is 0 Å². The molecule has 0 amide bonds. The van der Waals surface area contributed by atoms with Crippen molar-refractivity contribution in [3.8, 4) is 0 Å². The third-order valence-electron chi connectivity index (χ3n) is 0.862. The van der Waals surface area contributed by atoms with E-state index in [1.807, 2.05) is 6.92 Å². The minimum absolute atomic E-state index is 0. The van der Waals surface area contributed by atoms with Crippen molar-refractivity contribution in [2.45, 2.75) is 6.92 Å². The minimum atomic E-state index is 0. The van der Waals surface area contributed by atoms with Gasteiger partial charge in [0.1, 0.15) is 5.82 Å². The van der Waals surface area contributed by atoms with E-state index in [0.29, 0.717) is 0 Å². The van der Waals surface area contributed by atoms with E-state index in [1.165, 1.54) is 4.68 Å². The molecule has 0 bridgehead atoms. The maximum atomic E-state index is 5.29. The number of hydrogen-bond donors (Lipinski definition) is 1. The lowest BCUT2D eigenvalue weighted by Gasteiger charge is -1.88. The Morgan fingerprint density at radius 3 is 2.50 bits per heavy atom. The third kappa shape index (κ3) is 1.13. The Labute approximate surface area is 53.9 Å². The average molecular weight is 134 g/mol. The first-order valence-electron chi connectivity index (χ1n) is 2.06. The quantitative estimate of drug-likeness (QED) is 0.519. The molecule has 0 aliphatic carbocycles. The number of nitrogen functional groups attached to an aromatic ring is 1. The molecule has 8 heavy (non-hydrogen) atoms. The molecule has 0 spiro atoms. The Morgan fingerprint density at radius 2 is 2.38 bits per heavy atom. The molecule has 0 fully saturated rings. The molecule has 1 rings (SSSR count). The number of nitrogens with two attached hydrogens (primary N) is 1. The zero-order chi connectivity index (χ0) is 5.28. The lowest BCUT2D eigenvalue weighted by molar-refractivity contribution is 0.928. The van der Waals surface area contributed by atoms with E-state index >= 15 is 0 Å². The lowest BCUT2D eigenvalue weighted by atomic mass is 10.7. The molecule has 0 aromatic carbocycles. The molecular weight excluding hydrogens is 126 g/mol. The van der Waals surface area contributed by atoms with Crippen LogP contribution in [0.25, 0.3) is 0 Å². The van der Waals surface area contributed by atoms with Gasteiger partial charge < -0.3 is 5.84 Å². The van der Waals surface area contributed by atoms with Gasteiger partial charge in [0.15, 0.2) is 0 Å². The Bertz CT molecular complexity index is 144. The maximum absolute atomic E-state index is 5.29. The summed E-state index contributed by atoms with van der Waals surface area (Å²) in [4.78, 5) is 3.85. The van der Waals surface area contributed by atoms with Crippen LogP contribution in [0, 0.1) is 6.92 Å². The van der Waals surface area contributed by atoms with Gasteiger partial charge in [-0.2, -0.15) is 0 Å². The van der Waals surface area contributed by atoms with E-state index in [9.17, 15) is 0 Å². The van der Waals surface area contributed by atoms with Crippen molar-refractivity contribution in [2.24, 2.45) is 0 Å². The second kappa shape index (κ2) is 2.57. The molecule has 2 N–H and O–H groups in total. The molecule has 0 unspecified atom stereocenters. The van der Waals surface area contributed by atoms with Gasteiger partial charge in [-0.15, -0.1) is 12.4 Å². The van der Waals surface area contributed by atoms with Crippen molar-refractivity contribution in [3.63, 3.8) is 0 Å². The zero-order valence-corrected chi connectivity index (χ0v) is 5.35. The van der Waals surface area contributed by atoms with E-state index in [-0.39, 0.29) is 12.4 Å². The first-order chi connectivity index (χ1) is 3.30. The number of aromatic nitrogens is 2. The molecule has 3 nitrogen and oxygen atoms in total. The average Bonchev–Trinajstić information content (AvgIpc) is 1.91. The van der Waals surface area contributed by atoms with Crippen LogP contribution in [-0.2, 0) is 0 Å². The van der Waals surface area contributed by atoms with Crippen LogP contribution in [-0.4, -0.2) is 9.66 Å².